The Kier molecular flexibility index (Phi) is 6.25. The predicted molar refractivity (Wildman–Crippen MR) is 70.1 cm³/mol. The van der Waals surface area contributed by atoms with Crippen molar-refractivity contribution in [3.8, 4) is 0 Å². The maximum Gasteiger partial charge on any atom is 0.288 e. The zero-order valence-corrected chi connectivity index (χ0v) is 11.9. The third-order valence-corrected chi connectivity index (χ3v) is 2.66. The van der Waals surface area contributed by atoms with Crippen molar-refractivity contribution in [1.29, 1.82) is 0 Å². The first-order valence-electron chi connectivity index (χ1n) is 5.08. The summed E-state index contributed by atoms with van der Waals surface area (Å²) < 4.78 is 8.12. The molecule has 0 fully saturated rings. The second-order valence-electron chi connectivity index (χ2n) is 3.37. The average molecular weight is 316 g/mol. The highest BCUT2D eigenvalue weighted by Crippen LogP contribution is 2.29. The second kappa shape index (κ2) is 7.21. The molecule has 0 saturated heterocycles. The van der Waals surface area contributed by atoms with Gasteiger partial charge in [-0.05, 0) is 12.1 Å². The third-order valence-electron chi connectivity index (χ3n) is 2.00. The number of halogens is 3. The highest BCUT2D eigenvalue weighted by Gasteiger charge is 2.34. The van der Waals surface area contributed by atoms with E-state index in [9.17, 15) is 4.79 Å². The van der Waals surface area contributed by atoms with Crippen molar-refractivity contribution < 1.29 is 13.9 Å². The monoisotopic (exact) mass is 314 g/mol. The lowest BCUT2D eigenvalue weighted by Gasteiger charge is -2.26. The van der Waals surface area contributed by atoms with Gasteiger partial charge in [-0.1, -0.05) is 34.8 Å². The first-order valence-corrected chi connectivity index (χ1v) is 6.22. The summed E-state index contributed by atoms with van der Waals surface area (Å²) in [5, 5.41) is 5.38. The van der Waals surface area contributed by atoms with Gasteiger partial charge in [0.25, 0.3) is 5.91 Å². The van der Waals surface area contributed by atoms with Gasteiger partial charge >= 0.3 is 0 Å². The second-order valence-corrected chi connectivity index (χ2v) is 5.74. The first kappa shape index (κ1) is 15.6. The van der Waals surface area contributed by atoms with Crippen molar-refractivity contribution in [2.45, 2.75) is 9.96 Å². The summed E-state index contributed by atoms with van der Waals surface area (Å²) in [6.07, 6.45) is 0.535. The topological polar surface area (TPSA) is 63.5 Å². The minimum Gasteiger partial charge on any atom is -0.459 e. The van der Waals surface area contributed by atoms with E-state index in [1.807, 2.05) is 0 Å². The van der Waals surface area contributed by atoms with Crippen LogP contribution < -0.4 is 10.6 Å². The number of methoxy groups -OCH3 is 1. The molecule has 1 rings (SSSR count). The Morgan fingerprint density at radius 1 is 1.56 bits per heavy atom. The smallest absolute Gasteiger partial charge is 0.288 e. The van der Waals surface area contributed by atoms with E-state index in [1.54, 1.807) is 13.2 Å². The quantitative estimate of drug-likeness (QED) is 0.478. The van der Waals surface area contributed by atoms with Crippen LogP contribution in [0.4, 0.5) is 0 Å². The van der Waals surface area contributed by atoms with Gasteiger partial charge in [0, 0.05) is 13.7 Å². The number of furan rings is 1. The van der Waals surface area contributed by atoms with Gasteiger partial charge in [-0.3, -0.25) is 10.1 Å². The normalized spacial score (nSPS) is 13.3. The number of hydrogen-bond donors (Lipinski definition) is 2. The molecule has 18 heavy (non-hydrogen) atoms. The fraction of sp³-hybridized carbons (Fsp3) is 0.500. The molecule has 102 valence electrons. The van der Waals surface area contributed by atoms with E-state index in [1.165, 1.54) is 12.3 Å². The van der Waals surface area contributed by atoms with E-state index in [-0.39, 0.29) is 5.76 Å². The Morgan fingerprint density at radius 2 is 2.28 bits per heavy atom. The number of rotatable bonds is 6. The van der Waals surface area contributed by atoms with E-state index >= 15 is 0 Å². The molecule has 2 N–H and O–H groups in total. The Labute approximate surface area is 120 Å². The van der Waals surface area contributed by atoms with Gasteiger partial charge in [0.05, 0.1) is 12.9 Å². The van der Waals surface area contributed by atoms with Gasteiger partial charge in [0.1, 0.15) is 6.17 Å². The number of carbonyl (C=O) groups excluding carboxylic acids is 1. The highest BCUT2D eigenvalue weighted by molar-refractivity contribution is 6.68. The zero-order valence-electron chi connectivity index (χ0n) is 9.58. The molecule has 0 unspecified atom stereocenters. The van der Waals surface area contributed by atoms with E-state index in [0.29, 0.717) is 13.2 Å². The van der Waals surface area contributed by atoms with Crippen LogP contribution in [0.15, 0.2) is 22.8 Å². The van der Waals surface area contributed by atoms with Crippen molar-refractivity contribution in [2.75, 3.05) is 20.3 Å². The van der Waals surface area contributed by atoms with Gasteiger partial charge in [-0.25, -0.2) is 0 Å². The number of ether oxygens (including phenoxy) is 1. The SMILES string of the molecule is COCCN[C@H](NC(=O)c1ccco1)C(Cl)(Cl)Cl. The molecule has 1 amide bonds. The summed E-state index contributed by atoms with van der Waals surface area (Å²) in [6.45, 7) is 0.849. The van der Waals surface area contributed by atoms with Gasteiger partial charge in [-0.2, -0.15) is 0 Å². The summed E-state index contributed by atoms with van der Waals surface area (Å²) in [5.74, 6) is -0.330. The van der Waals surface area contributed by atoms with E-state index < -0.39 is 15.9 Å². The van der Waals surface area contributed by atoms with Crippen molar-refractivity contribution in [3.05, 3.63) is 24.2 Å². The molecule has 1 heterocycles. The molecule has 0 aliphatic heterocycles. The summed E-state index contributed by atoms with van der Waals surface area (Å²) in [6, 6.07) is 3.11. The molecule has 1 aromatic rings. The fourth-order valence-corrected chi connectivity index (χ4v) is 1.56. The zero-order chi connectivity index (χ0) is 13.6. The van der Waals surface area contributed by atoms with Gasteiger partial charge < -0.3 is 14.5 Å². The maximum atomic E-state index is 11.7. The van der Waals surface area contributed by atoms with E-state index in [4.69, 9.17) is 44.0 Å². The van der Waals surface area contributed by atoms with Crippen molar-refractivity contribution >= 4 is 40.7 Å². The summed E-state index contributed by atoms with van der Waals surface area (Å²) in [5.41, 5.74) is 0. The fourth-order valence-electron chi connectivity index (χ4n) is 1.16. The van der Waals surface area contributed by atoms with Gasteiger partial charge in [0.2, 0.25) is 3.79 Å². The molecule has 1 atom stereocenters. The number of hydrogen-bond acceptors (Lipinski definition) is 4. The highest BCUT2D eigenvalue weighted by atomic mass is 35.6. The van der Waals surface area contributed by atoms with Gasteiger partial charge in [-0.15, -0.1) is 0 Å². The van der Waals surface area contributed by atoms with E-state index in [0.717, 1.165) is 0 Å². The molecule has 0 aromatic carbocycles. The van der Waals surface area contributed by atoms with Crippen molar-refractivity contribution in [1.82, 2.24) is 10.6 Å². The minimum absolute atomic E-state index is 0.141. The molecule has 0 spiro atoms. The minimum atomic E-state index is -1.68. The lowest BCUT2D eigenvalue weighted by molar-refractivity contribution is 0.0898. The van der Waals surface area contributed by atoms with Crippen LogP contribution in [-0.4, -0.2) is 36.1 Å². The van der Waals surface area contributed by atoms with Crippen LogP contribution in [0, 0.1) is 0 Å². The number of nitrogens with one attached hydrogen (secondary N) is 2. The van der Waals surface area contributed by atoms with E-state index in [2.05, 4.69) is 10.6 Å². The molecule has 1 aromatic heterocycles. The lowest BCUT2D eigenvalue weighted by Crippen LogP contribution is -2.54. The molecule has 0 aliphatic carbocycles. The maximum absolute atomic E-state index is 11.7. The van der Waals surface area contributed by atoms with Crippen molar-refractivity contribution in [3.63, 3.8) is 0 Å². The standard InChI is InChI=1S/C10H13Cl3N2O3/c1-17-6-4-14-9(10(11,12)13)15-8(16)7-3-2-5-18-7/h2-3,5,9,14H,4,6H2,1H3,(H,15,16)/t9-/m1/s1. The molecule has 5 nitrogen and oxygen atoms in total. The summed E-state index contributed by atoms with van der Waals surface area (Å²) in [4.78, 5) is 11.7. The van der Waals surface area contributed by atoms with Crippen LogP contribution in [0.2, 0.25) is 0 Å². The summed E-state index contributed by atoms with van der Waals surface area (Å²) in [7, 11) is 1.55. The number of alkyl halides is 3. The van der Waals surface area contributed by atoms with Crippen LogP contribution in [0.3, 0.4) is 0 Å². The Morgan fingerprint density at radius 3 is 2.78 bits per heavy atom. The molecule has 0 radical (unpaired) electrons. The first-order chi connectivity index (χ1) is 8.45. The predicted octanol–water partition coefficient (Wildman–Crippen LogP) is 1.94. The average Bonchev–Trinajstić information content (AvgIpc) is 2.79. The molecule has 8 heteroatoms. The summed E-state index contributed by atoms with van der Waals surface area (Å²) >= 11 is 17.3. The van der Waals surface area contributed by atoms with Crippen LogP contribution in [0.25, 0.3) is 0 Å². The third kappa shape index (κ3) is 5.04. The van der Waals surface area contributed by atoms with Crippen LogP contribution >= 0.6 is 34.8 Å². The molecular weight excluding hydrogens is 302 g/mol. The van der Waals surface area contributed by atoms with Crippen LogP contribution in [-0.2, 0) is 4.74 Å². The Bertz CT molecular complexity index is 365. The number of amides is 1. The number of carbonyl (C=O) groups is 1. The largest absolute Gasteiger partial charge is 0.459 e. The Hall–Kier alpha value is -0.460. The van der Waals surface area contributed by atoms with Gasteiger partial charge in [0.15, 0.2) is 5.76 Å². The molecule has 0 saturated carbocycles. The molecular formula is C10H13Cl3N2O3. The van der Waals surface area contributed by atoms with Crippen LogP contribution in [0.1, 0.15) is 10.6 Å². The van der Waals surface area contributed by atoms with Crippen LogP contribution in [0.5, 0.6) is 0 Å². The molecule has 0 bridgehead atoms. The molecule has 0 aliphatic rings. The Balaban J connectivity index is 2.58. The van der Waals surface area contributed by atoms with Crippen molar-refractivity contribution in [2.24, 2.45) is 0 Å². The lowest BCUT2D eigenvalue weighted by atomic mass is 10.4.